The molecule has 1 aromatic carbocycles. The van der Waals surface area contributed by atoms with Crippen molar-refractivity contribution in [3.8, 4) is 0 Å². The van der Waals surface area contributed by atoms with E-state index < -0.39 is 4.92 Å². The van der Waals surface area contributed by atoms with E-state index in [9.17, 15) is 10.1 Å². The van der Waals surface area contributed by atoms with Gasteiger partial charge in [0.05, 0.1) is 22.2 Å². The highest BCUT2D eigenvalue weighted by atomic mass is 32.1. The normalized spacial score (nSPS) is 10.8. The maximum Gasteiger partial charge on any atom is 0.277 e. The van der Waals surface area contributed by atoms with Gasteiger partial charge in [0.1, 0.15) is 0 Å². The molecule has 20 heavy (non-hydrogen) atoms. The molecule has 2 rings (SSSR count). The molecule has 3 N–H and O–H groups in total. The molecule has 0 spiro atoms. The number of hydrogen-bond donors (Lipinski definition) is 2. The Morgan fingerprint density at radius 3 is 3.00 bits per heavy atom. The van der Waals surface area contributed by atoms with Crippen LogP contribution in [-0.2, 0) is 0 Å². The van der Waals surface area contributed by atoms with Gasteiger partial charge >= 0.3 is 0 Å². The van der Waals surface area contributed by atoms with Crippen LogP contribution in [0, 0.1) is 17.0 Å². The zero-order chi connectivity index (χ0) is 14.7. The minimum atomic E-state index is -0.413. The van der Waals surface area contributed by atoms with Crippen molar-refractivity contribution in [2.45, 2.75) is 6.92 Å². The largest absolute Gasteiger partial charge is 0.375 e. The summed E-state index contributed by atoms with van der Waals surface area (Å²) >= 11 is 4.63. The number of aryl methyl sites for hydroxylation is 1. The van der Waals surface area contributed by atoms with E-state index in [1.165, 1.54) is 12.3 Å². The van der Waals surface area contributed by atoms with E-state index in [-0.39, 0.29) is 10.8 Å². The van der Waals surface area contributed by atoms with Gasteiger partial charge in [-0.15, -0.1) is 0 Å². The number of nitro groups is 1. The maximum atomic E-state index is 11.1. The lowest BCUT2D eigenvalue weighted by Gasteiger charge is -2.05. The Bertz CT molecular complexity index is 729. The second-order valence-electron chi connectivity index (χ2n) is 4.02. The smallest absolute Gasteiger partial charge is 0.277 e. The Labute approximate surface area is 119 Å². The van der Waals surface area contributed by atoms with E-state index in [0.29, 0.717) is 16.5 Å². The van der Waals surface area contributed by atoms with Crippen molar-refractivity contribution in [1.82, 2.24) is 10.4 Å². The van der Waals surface area contributed by atoms with Crippen LogP contribution in [0.4, 0.5) is 5.69 Å². The number of nitrogens with one attached hydrogen (secondary N) is 1. The molecule has 0 saturated heterocycles. The molecule has 0 aliphatic rings. The molecule has 2 aromatic rings. The molecule has 0 aliphatic heterocycles. The SMILES string of the molecule is Cc1cnc(/C=N/NC(N)=S)c2cccc([N+](=O)[O-])c12. The zero-order valence-corrected chi connectivity index (χ0v) is 11.3. The summed E-state index contributed by atoms with van der Waals surface area (Å²) in [7, 11) is 0. The number of pyridine rings is 1. The first kappa shape index (κ1) is 13.8. The van der Waals surface area contributed by atoms with Crippen LogP contribution in [-0.4, -0.2) is 21.2 Å². The summed E-state index contributed by atoms with van der Waals surface area (Å²) in [5.41, 5.74) is 8.94. The fourth-order valence-corrected chi connectivity index (χ4v) is 1.93. The van der Waals surface area contributed by atoms with Gasteiger partial charge in [-0.1, -0.05) is 12.1 Å². The fourth-order valence-electron chi connectivity index (χ4n) is 1.88. The topological polar surface area (TPSA) is 106 Å². The first-order valence-electron chi connectivity index (χ1n) is 5.62. The molecule has 0 aliphatic carbocycles. The first-order chi connectivity index (χ1) is 9.50. The number of fused-ring (bicyclic) bond motifs is 1. The van der Waals surface area contributed by atoms with Gasteiger partial charge in [0, 0.05) is 17.6 Å². The first-order valence-corrected chi connectivity index (χ1v) is 6.02. The molecule has 102 valence electrons. The third-order valence-corrected chi connectivity index (χ3v) is 2.76. The highest BCUT2D eigenvalue weighted by molar-refractivity contribution is 7.80. The number of nitrogens with zero attached hydrogens (tertiary/aromatic N) is 3. The van der Waals surface area contributed by atoms with Crippen molar-refractivity contribution >= 4 is 40.0 Å². The number of nitro benzene ring substituents is 1. The van der Waals surface area contributed by atoms with Gasteiger partial charge in [-0.2, -0.15) is 5.10 Å². The van der Waals surface area contributed by atoms with E-state index in [1.54, 1.807) is 25.3 Å². The Kier molecular flexibility index (Phi) is 3.85. The van der Waals surface area contributed by atoms with Crippen LogP contribution in [0.15, 0.2) is 29.5 Å². The summed E-state index contributed by atoms with van der Waals surface area (Å²) in [5.74, 6) is 0. The zero-order valence-electron chi connectivity index (χ0n) is 10.5. The molecule has 7 nitrogen and oxygen atoms in total. The summed E-state index contributed by atoms with van der Waals surface area (Å²) in [4.78, 5) is 14.9. The average Bonchev–Trinajstić information content (AvgIpc) is 2.40. The third-order valence-electron chi connectivity index (χ3n) is 2.67. The second kappa shape index (κ2) is 5.57. The molecule has 0 saturated carbocycles. The minimum absolute atomic E-state index is 0.0312. The van der Waals surface area contributed by atoms with Crippen LogP contribution in [0.3, 0.4) is 0 Å². The quantitative estimate of drug-likeness (QED) is 0.385. The summed E-state index contributed by atoms with van der Waals surface area (Å²) in [5, 5.41) is 16.1. The standard InChI is InChI=1S/C12H11N5O2S/c1-7-5-14-9(6-15-16-12(13)20)8-3-2-4-10(11(7)8)17(18)19/h2-6H,1H3,(H3,13,16,20)/b15-6+. The van der Waals surface area contributed by atoms with Crippen LogP contribution in [0.2, 0.25) is 0 Å². The van der Waals surface area contributed by atoms with Crippen LogP contribution < -0.4 is 11.2 Å². The molecule has 0 unspecified atom stereocenters. The predicted octanol–water partition coefficient (Wildman–Crippen LogP) is 1.62. The van der Waals surface area contributed by atoms with E-state index in [2.05, 4.69) is 27.7 Å². The molecule has 0 amide bonds. The summed E-state index contributed by atoms with van der Waals surface area (Å²) < 4.78 is 0. The molecule has 1 aromatic heterocycles. The van der Waals surface area contributed by atoms with Crippen LogP contribution in [0.1, 0.15) is 11.3 Å². The number of aromatic nitrogens is 1. The van der Waals surface area contributed by atoms with Crippen LogP contribution in [0.25, 0.3) is 10.8 Å². The summed E-state index contributed by atoms with van der Waals surface area (Å²) in [6.45, 7) is 1.77. The number of non-ortho nitro benzene ring substituents is 1. The molecular weight excluding hydrogens is 278 g/mol. The van der Waals surface area contributed by atoms with Crippen molar-refractivity contribution in [3.63, 3.8) is 0 Å². The van der Waals surface area contributed by atoms with Gasteiger partial charge in [0.15, 0.2) is 5.11 Å². The van der Waals surface area contributed by atoms with Crippen molar-refractivity contribution in [2.24, 2.45) is 10.8 Å². The number of hydrazone groups is 1. The average molecular weight is 289 g/mol. The van der Waals surface area contributed by atoms with E-state index in [1.807, 2.05) is 0 Å². The van der Waals surface area contributed by atoms with Crippen molar-refractivity contribution in [2.75, 3.05) is 0 Å². The molecule has 1 heterocycles. The van der Waals surface area contributed by atoms with Crippen LogP contribution in [0.5, 0.6) is 0 Å². The number of rotatable bonds is 3. The Morgan fingerprint density at radius 1 is 1.60 bits per heavy atom. The molecule has 0 fully saturated rings. The maximum absolute atomic E-state index is 11.1. The predicted molar refractivity (Wildman–Crippen MR) is 80.6 cm³/mol. The molecular formula is C12H11N5O2S. The Morgan fingerprint density at radius 2 is 2.35 bits per heavy atom. The number of benzene rings is 1. The van der Waals surface area contributed by atoms with Crippen LogP contribution >= 0.6 is 12.2 Å². The van der Waals surface area contributed by atoms with E-state index >= 15 is 0 Å². The van der Waals surface area contributed by atoms with Crippen molar-refractivity contribution < 1.29 is 4.92 Å². The van der Waals surface area contributed by atoms with Gasteiger partial charge in [0.2, 0.25) is 0 Å². The minimum Gasteiger partial charge on any atom is -0.375 e. The van der Waals surface area contributed by atoms with Gasteiger partial charge in [0.25, 0.3) is 5.69 Å². The highest BCUT2D eigenvalue weighted by Gasteiger charge is 2.15. The molecule has 0 bridgehead atoms. The molecule has 8 heteroatoms. The monoisotopic (exact) mass is 289 g/mol. The number of nitrogens with two attached hydrogens (primary N) is 1. The number of hydrogen-bond acceptors (Lipinski definition) is 5. The Balaban J connectivity index is 2.61. The van der Waals surface area contributed by atoms with E-state index in [0.717, 1.165) is 5.56 Å². The van der Waals surface area contributed by atoms with Crippen molar-refractivity contribution in [1.29, 1.82) is 0 Å². The van der Waals surface area contributed by atoms with Gasteiger partial charge in [-0.05, 0) is 24.7 Å². The van der Waals surface area contributed by atoms with Gasteiger partial charge in [-0.25, -0.2) is 0 Å². The van der Waals surface area contributed by atoms with Gasteiger partial charge < -0.3 is 5.73 Å². The molecule has 0 radical (unpaired) electrons. The summed E-state index contributed by atoms with van der Waals surface area (Å²) in [6, 6.07) is 4.83. The lowest BCUT2D eigenvalue weighted by molar-refractivity contribution is -0.383. The lowest BCUT2D eigenvalue weighted by atomic mass is 10.0. The second-order valence-corrected chi connectivity index (χ2v) is 4.46. The Hall–Kier alpha value is -2.61. The molecule has 0 atom stereocenters. The van der Waals surface area contributed by atoms with Crippen molar-refractivity contribution in [3.05, 3.63) is 45.8 Å². The highest BCUT2D eigenvalue weighted by Crippen LogP contribution is 2.29. The lowest BCUT2D eigenvalue weighted by Crippen LogP contribution is -2.24. The van der Waals surface area contributed by atoms with E-state index in [4.69, 9.17) is 5.73 Å². The third kappa shape index (κ3) is 2.69. The number of thiocarbonyl (C=S) groups is 1. The van der Waals surface area contributed by atoms with Gasteiger partial charge in [-0.3, -0.25) is 20.5 Å². The fraction of sp³-hybridized carbons (Fsp3) is 0.0833. The summed E-state index contributed by atoms with van der Waals surface area (Å²) in [6.07, 6.45) is 2.99.